The average molecular weight is 275 g/mol. The van der Waals surface area contributed by atoms with Gasteiger partial charge in [0.2, 0.25) is 0 Å². The highest BCUT2D eigenvalue weighted by atomic mass is 32.1. The predicted molar refractivity (Wildman–Crippen MR) is 81.9 cm³/mol. The molecule has 1 aromatic carbocycles. The van der Waals surface area contributed by atoms with Gasteiger partial charge in [0.15, 0.2) is 0 Å². The molecule has 0 aliphatic heterocycles. The van der Waals surface area contributed by atoms with E-state index in [0.29, 0.717) is 5.75 Å². The maximum absolute atomic E-state index is 9.97. The van der Waals surface area contributed by atoms with Crippen molar-refractivity contribution in [2.24, 2.45) is 0 Å². The molecule has 2 nitrogen and oxygen atoms in total. The second-order valence-electron chi connectivity index (χ2n) is 5.12. The lowest BCUT2D eigenvalue weighted by Crippen LogP contribution is -2.17. The number of aromatic hydroxyl groups is 1. The molecule has 2 rings (SSSR count). The summed E-state index contributed by atoms with van der Waals surface area (Å²) in [6.45, 7) is 9.20. The highest BCUT2D eigenvalue weighted by Gasteiger charge is 2.10. The van der Waals surface area contributed by atoms with Gasteiger partial charge in [-0.25, -0.2) is 0 Å². The maximum atomic E-state index is 9.97. The van der Waals surface area contributed by atoms with Crippen LogP contribution in [0.3, 0.4) is 0 Å². The van der Waals surface area contributed by atoms with Gasteiger partial charge in [0.1, 0.15) is 5.75 Å². The lowest BCUT2D eigenvalue weighted by molar-refractivity contribution is 0.452. The Labute approximate surface area is 119 Å². The van der Waals surface area contributed by atoms with Crippen LogP contribution >= 0.6 is 11.3 Å². The zero-order chi connectivity index (χ0) is 14.0. The second kappa shape index (κ2) is 5.76. The van der Waals surface area contributed by atoms with Gasteiger partial charge >= 0.3 is 0 Å². The molecule has 0 saturated heterocycles. The maximum Gasteiger partial charge on any atom is 0.120 e. The number of aryl methyl sites for hydroxylation is 3. The molecule has 2 aromatic rings. The van der Waals surface area contributed by atoms with Crippen molar-refractivity contribution in [3.05, 3.63) is 50.7 Å². The Bertz CT molecular complexity index is 555. The summed E-state index contributed by atoms with van der Waals surface area (Å²) in [6, 6.07) is 8.21. The van der Waals surface area contributed by atoms with E-state index in [9.17, 15) is 5.11 Å². The largest absolute Gasteiger partial charge is 0.508 e. The molecule has 1 aromatic heterocycles. The Morgan fingerprint density at radius 1 is 1.21 bits per heavy atom. The van der Waals surface area contributed by atoms with Crippen LogP contribution in [0.5, 0.6) is 5.75 Å². The topological polar surface area (TPSA) is 32.3 Å². The van der Waals surface area contributed by atoms with Gasteiger partial charge in [0.25, 0.3) is 0 Å². The third-order valence-corrected chi connectivity index (χ3v) is 4.60. The van der Waals surface area contributed by atoms with Crippen molar-refractivity contribution in [3.8, 4) is 5.75 Å². The molecular formula is C16H21NOS. The van der Waals surface area contributed by atoms with Crippen molar-refractivity contribution < 1.29 is 5.11 Å². The van der Waals surface area contributed by atoms with E-state index >= 15 is 0 Å². The number of hydrogen-bond donors (Lipinski definition) is 2. The number of thiophene rings is 1. The molecule has 102 valence electrons. The zero-order valence-corrected chi connectivity index (χ0v) is 12.8. The average Bonchev–Trinajstić information content (AvgIpc) is 2.66. The number of nitrogens with one attached hydrogen (secondary N) is 1. The Morgan fingerprint density at radius 3 is 2.53 bits per heavy atom. The number of benzene rings is 1. The molecule has 19 heavy (non-hydrogen) atoms. The van der Waals surface area contributed by atoms with Gasteiger partial charge in [-0.3, -0.25) is 0 Å². The van der Waals surface area contributed by atoms with Gasteiger partial charge in [0.05, 0.1) is 0 Å². The molecule has 0 fully saturated rings. The first kappa shape index (κ1) is 14.1. The lowest BCUT2D eigenvalue weighted by atomic mass is 10.1. The van der Waals surface area contributed by atoms with Gasteiger partial charge in [-0.15, -0.1) is 11.3 Å². The van der Waals surface area contributed by atoms with Crippen molar-refractivity contribution in [1.29, 1.82) is 0 Å². The molecule has 0 bridgehead atoms. The van der Waals surface area contributed by atoms with Gasteiger partial charge in [0, 0.05) is 27.9 Å². The minimum Gasteiger partial charge on any atom is -0.508 e. The molecule has 1 atom stereocenters. The predicted octanol–water partition coefficient (Wildman–Crippen LogP) is 4.23. The van der Waals surface area contributed by atoms with Crippen LogP contribution in [0.25, 0.3) is 0 Å². The number of phenols is 1. The van der Waals surface area contributed by atoms with Crippen LogP contribution in [0.2, 0.25) is 0 Å². The molecule has 0 radical (unpaired) electrons. The van der Waals surface area contributed by atoms with E-state index < -0.39 is 0 Å². The van der Waals surface area contributed by atoms with Gasteiger partial charge < -0.3 is 10.4 Å². The first-order valence-electron chi connectivity index (χ1n) is 6.56. The smallest absolute Gasteiger partial charge is 0.120 e. The molecule has 2 N–H and O–H groups in total. The number of phenolic OH excluding ortho intramolecular Hbond substituents is 1. The highest BCUT2D eigenvalue weighted by molar-refractivity contribution is 7.12. The van der Waals surface area contributed by atoms with Gasteiger partial charge in [-0.1, -0.05) is 12.1 Å². The van der Waals surface area contributed by atoms with E-state index in [1.807, 2.05) is 36.5 Å². The summed E-state index contributed by atoms with van der Waals surface area (Å²) >= 11 is 1.83. The minimum atomic E-state index is 0.142. The molecule has 3 heteroatoms. The van der Waals surface area contributed by atoms with E-state index in [2.05, 4.69) is 32.2 Å². The van der Waals surface area contributed by atoms with Gasteiger partial charge in [-0.2, -0.15) is 0 Å². The Balaban J connectivity index is 2.03. The van der Waals surface area contributed by atoms with Crippen LogP contribution in [0, 0.1) is 20.8 Å². The van der Waals surface area contributed by atoms with Crippen LogP contribution in [-0.4, -0.2) is 5.11 Å². The van der Waals surface area contributed by atoms with Crippen molar-refractivity contribution in [2.75, 3.05) is 0 Å². The summed E-state index contributed by atoms with van der Waals surface area (Å²) in [4.78, 5) is 2.72. The molecule has 0 spiro atoms. The quantitative estimate of drug-likeness (QED) is 0.875. The highest BCUT2D eigenvalue weighted by Crippen LogP contribution is 2.26. The fraction of sp³-hybridized carbons (Fsp3) is 0.375. The first-order valence-corrected chi connectivity index (χ1v) is 7.38. The Morgan fingerprint density at radius 2 is 1.95 bits per heavy atom. The third kappa shape index (κ3) is 3.37. The SMILES string of the molecule is Cc1ccc(C(C)NCc2cc(C)c(C)s2)c(O)c1. The van der Waals surface area contributed by atoms with E-state index in [0.717, 1.165) is 17.7 Å². The fourth-order valence-corrected chi connectivity index (χ4v) is 3.12. The minimum absolute atomic E-state index is 0.142. The summed E-state index contributed by atoms with van der Waals surface area (Å²) in [5, 5.41) is 13.4. The Kier molecular flexibility index (Phi) is 4.27. The monoisotopic (exact) mass is 275 g/mol. The summed E-state index contributed by atoms with van der Waals surface area (Å²) in [7, 11) is 0. The van der Waals surface area contributed by atoms with Crippen molar-refractivity contribution in [2.45, 2.75) is 40.3 Å². The van der Waals surface area contributed by atoms with Gasteiger partial charge in [-0.05, 0) is 51.0 Å². The Hall–Kier alpha value is -1.32. The van der Waals surface area contributed by atoms with Crippen molar-refractivity contribution in [3.63, 3.8) is 0 Å². The zero-order valence-electron chi connectivity index (χ0n) is 11.9. The molecule has 0 saturated carbocycles. The van der Waals surface area contributed by atoms with E-state index in [4.69, 9.17) is 0 Å². The van der Waals surface area contributed by atoms with Crippen molar-refractivity contribution >= 4 is 11.3 Å². The molecule has 0 aliphatic rings. The van der Waals surface area contributed by atoms with Crippen LogP contribution in [0.4, 0.5) is 0 Å². The van der Waals surface area contributed by atoms with Crippen LogP contribution in [0.1, 0.15) is 39.4 Å². The van der Waals surface area contributed by atoms with E-state index in [1.165, 1.54) is 15.3 Å². The van der Waals surface area contributed by atoms with Crippen molar-refractivity contribution in [1.82, 2.24) is 5.32 Å². The molecule has 0 aliphatic carbocycles. The third-order valence-electron chi connectivity index (χ3n) is 3.45. The summed E-state index contributed by atoms with van der Waals surface area (Å²) in [5.41, 5.74) is 3.39. The molecule has 0 amide bonds. The summed E-state index contributed by atoms with van der Waals surface area (Å²) < 4.78 is 0. The number of rotatable bonds is 4. The summed E-state index contributed by atoms with van der Waals surface area (Å²) in [5.74, 6) is 0.374. The fourth-order valence-electron chi connectivity index (χ4n) is 2.12. The molecular weight excluding hydrogens is 254 g/mol. The van der Waals surface area contributed by atoms with E-state index in [-0.39, 0.29) is 6.04 Å². The van der Waals surface area contributed by atoms with Crippen LogP contribution < -0.4 is 5.32 Å². The lowest BCUT2D eigenvalue weighted by Gasteiger charge is -2.15. The molecule has 1 heterocycles. The van der Waals surface area contributed by atoms with Crippen LogP contribution in [-0.2, 0) is 6.54 Å². The molecule has 1 unspecified atom stereocenters. The standard InChI is InChI=1S/C16H21NOS/c1-10-5-6-15(16(18)7-10)12(3)17-9-14-8-11(2)13(4)19-14/h5-8,12,17-18H,9H2,1-4H3. The second-order valence-corrected chi connectivity index (χ2v) is 6.46. The van der Waals surface area contributed by atoms with Crippen LogP contribution in [0.15, 0.2) is 24.3 Å². The summed E-state index contributed by atoms with van der Waals surface area (Å²) in [6.07, 6.45) is 0. The normalized spacial score (nSPS) is 12.6. The number of hydrogen-bond acceptors (Lipinski definition) is 3. The first-order chi connectivity index (χ1) is 8.97. The van der Waals surface area contributed by atoms with E-state index in [1.54, 1.807) is 0 Å².